The SMILES string of the molecule is CC[C@H](C)Oc1ccc(/C=C2\C(=O)NC(=O)N(c3cc(C)cc(C)c3)C2=O)cc1. The van der Waals surface area contributed by atoms with Crippen molar-refractivity contribution in [2.75, 3.05) is 4.90 Å². The van der Waals surface area contributed by atoms with Gasteiger partial charge in [0.15, 0.2) is 0 Å². The largest absolute Gasteiger partial charge is 0.491 e. The van der Waals surface area contributed by atoms with Gasteiger partial charge in [0.25, 0.3) is 11.8 Å². The predicted molar refractivity (Wildman–Crippen MR) is 112 cm³/mol. The summed E-state index contributed by atoms with van der Waals surface area (Å²) in [5, 5.41) is 2.25. The fourth-order valence-electron chi connectivity index (χ4n) is 3.10. The van der Waals surface area contributed by atoms with Crippen molar-refractivity contribution in [1.29, 1.82) is 0 Å². The molecule has 1 saturated heterocycles. The number of ether oxygens (including phenoxy) is 1. The number of amides is 4. The van der Waals surface area contributed by atoms with Gasteiger partial charge in [-0.1, -0.05) is 25.1 Å². The Hall–Kier alpha value is -3.41. The number of imide groups is 2. The lowest BCUT2D eigenvalue weighted by Crippen LogP contribution is -2.54. The zero-order valence-corrected chi connectivity index (χ0v) is 17.0. The van der Waals surface area contributed by atoms with Crippen LogP contribution in [0.5, 0.6) is 5.75 Å². The third-order valence-corrected chi connectivity index (χ3v) is 4.67. The van der Waals surface area contributed by atoms with Gasteiger partial charge in [-0.05, 0) is 74.2 Å². The second-order valence-corrected chi connectivity index (χ2v) is 7.21. The number of nitrogens with one attached hydrogen (secondary N) is 1. The van der Waals surface area contributed by atoms with Gasteiger partial charge >= 0.3 is 6.03 Å². The normalized spacial score (nSPS) is 16.8. The maximum atomic E-state index is 13.0. The third-order valence-electron chi connectivity index (χ3n) is 4.67. The van der Waals surface area contributed by atoms with Gasteiger partial charge in [-0.15, -0.1) is 0 Å². The highest BCUT2D eigenvalue weighted by Crippen LogP contribution is 2.25. The van der Waals surface area contributed by atoms with E-state index in [2.05, 4.69) is 5.32 Å². The van der Waals surface area contributed by atoms with Gasteiger partial charge in [-0.3, -0.25) is 14.9 Å². The van der Waals surface area contributed by atoms with Gasteiger partial charge in [-0.25, -0.2) is 9.69 Å². The number of hydrogen-bond donors (Lipinski definition) is 1. The van der Waals surface area contributed by atoms with E-state index in [4.69, 9.17) is 4.74 Å². The number of carbonyl (C=O) groups excluding carboxylic acids is 3. The van der Waals surface area contributed by atoms with Crippen LogP contribution in [0.4, 0.5) is 10.5 Å². The lowest BCUT2D eigenvalue weighted by molar-refractivity contribution is -0.122. The van der Waals surface area contributed by atoms with E-state index in [0.29, 0.717) is 17.0 Å². The summed E-state index contributed by atoms with van der Waals surface area (Å²) in [7, 11) is 0. The first kappa shape index (κ1) is 20.3. The van der Waals surface area contributed by atoms with Gasteiger partial charge < -0.3 is 4.74 Å². The van der Waals surface area contributed by atoms with Crippen molar-refractivity contribution in [3.63, 3.8) is 0 Å². The number of hydrogen-bond acceptors (Lipinski definition) is 4. The molecule has 1 fully saturated rings. The topological polar surface area (TPSA) is 75.7 Å². The van der Waals surface area contributed by atoms with Gasteiger partial charge in [0.1, 0.15) is 11.3 Å². The first-order valence-electron chi connectivity index (χ1n) is 9.55. The van der Waals surface area contributed by atoms with Crippen LogP contribution in [0.1, 0.15) is 37.0 Å². The number of urea groups is 1. The Morgan fingerprint density at radius 3 is 2.24 bits per heavy atom. The number of carbonyl (C=O) groups is 3. The van der Waals surface area contributed by atoms with Crippen LogP contribution in [0.25, 0.3) is 6.08 Å². The number of nitrogens with zero attached hydrogens (tertiary/aromatic N) is 1. The number of benzene rings is 2. The molecule has 6 heteroatoms. The summed E-state index contributed by atoms with van der Waals surface area (Å²) in [6.07, 6.45) is 2.47. The lowest BCUT2D eigenvalue weighted by atomic mass is 10.1. The van der Waals surface area contributed by atoms with Crippen LogP contribution in [-0.4, -0.2) is 23.9 Å². The molecule has 0 radical (unpaired) electrons. The average molecular weight is 392 g/mol. The Morgan fingerprint density at radius 1 is 1.03 bits per heavy atom. The summed E-state index contributed by atoms with van der Waals surface area (Å²) in [5.41, 5.74) is 2.83. The van der Waals surface area contributed by atoms with Crippen molar-refractivity contribution in [2.24, 2.45) is 0 Å². The fourth-order valence-corrected chi connectivity index (χ4v) is 3.10. The fraction of sp³-hybridized carbons (Fsp3) is 0.261. The molecule has 29 heavy (non-hydrogen) atoms. The van der Waals surface area contributed by atoms with Crippen molar-refractivity contribution < 1.29 is 19.1 Å². The zero-order chi connectivity index (χ0) is 21.1. The molecule has 0 aliphatic carbocycles. The predicted octanol–water partition coefficient (Wildman–Crippen LogP) is 4.15. The summed E-state index contributed by atoms with van der Waals surface area (Å²) >= 11 is 0. The Morgan fingerprint density at radius 2 is 1.66 bits per heavy atom. The van der Waals surface area contributed by atoms with E-state index in [1.807, 2.05) is 33.8 Å². The van der Waals surface area contributed by atoms with E-state index in [-0.39, 0.29) is 11.7 Å². The molecule has 1 aliphatic heterocycles. The number of rotatable bonds is 5. The Bertz CT molecular complexity index is 972. The van der Waals surface area contributed by atoms with Crippen LogP contribution in [0.3, 0.4) is 0 Å². The molecular formula is C23H24N2O4. The summed E-state index contributed by atoms with van der Waals surface area (Å²) in [4.78, 5) is 38.6. The van der Waals surface area contributed by atoms with Gasteiger partial charge in [-0.2, -0.15) is 0 Å². The molecule has 0 spiro atoms. The number of aryl methyl sites for hydroxylation is 2. The van der Waals surface area contributed by atoms with Crippen molar-refractivity contribution in [1.82, 2.24) is 5.32 Å². The van der Waals surface area contributed by atoms with E-state index in [9.17, 15) is 14.4 Å². The van der Waals surface area contributed by atoms with E-state index in [1.165, 1.54) is 6.08 Å². The summed E-state index contributed by atoms with van der Waals surface area (Å²) in [6, 6.07) is 11.8. The molecule has 0 saturated carbocycles. The van der Waals surface area contributed by atoms with E-state index in [0.717, 1.165) is 22.4 Å². The molecule has 2 aromatic rings. The maximum Gasteiger partial charge on any atom is 0.335 e. The third kappa shape index (κ3) is 4.54. The minimum absolute atomic E-state index is 0.0978. The van der Waals surface area contributed by atoms with Gasteiger partial charge in [0.2, 0.25) is 0 Å². The second kappa shape index (κ2) is 8.31. The molecule has 3 rings (SSSR count). The van der Waals surface area contributed by atoms with Crippen molar-refractivity contribution in [3.05, 3.63) is 64.7 Å². The molecule has 2 aromatic carbocycles. The molecule has 0 aromatic heterocycles. The molecule has 0 unspecified atom stereocenters. The van der Waals surface area contributed by atoms with Crippen LogP contribution in [0.15, 0.2) is 48.0 Å². The van der Waals surface area contributed by atoms with Crippen LogP contribution in [0.2, 0.25) is 0 Å². The second-order valence-electron chi connectivity index (χ2n) is 7.21. The van der Waals surface area contributed by atoms with Crippen molar-refractivity contribution in [2.45, 2.75) is 40.2 Å². The first-order chi connectivity index (χ1) is 13.8. The molecular weight excluding hydrogens is 368 g/mol. The highest BCUT2D eigenvalue weighted by atomic mass is 16.5. The summed E-state index contributed by atoms with van der Waals surface area (Å²) < 4.78 is 5.74. The quantitative estimate of drug-likeness (QED) is 0.613. The van der Waals surface area contributed by atoms with Crippen molar-refractivity contribution >= 4 is 29.6 Å². The summed E-state index contributed by atoms with van der Waals surface area (Å²) in [6.45, 7) is 7.79. The van der Waals surface area contributed by atoms with Crippen LogP contribution in [0, 0.1) is 13.8 Å². The number of anilines is 1. The minimum Gasteiger partial charge on any atom is -0.491 e. The highest BCUT2D eigenvalue weighted by molar-refractivity contribution is 6.39. The molecule has 1 N–H and O–H groups in total. The standard InChI is InChI=1S/C23H24N2O4/c1-5-16(4)29-19-8-6-17(7-9-19)13-20-21(26)24-23(28)25(22(20)27)18-11-14(2)10-15(3)12-18/h6-13,16H,5H2,1-4H3,(H,24,26,28)/b20-13+/t16-/m0/s1. The molecule has 0 bridgehead atoms. The molecule has 6 nitrogen and oxygen atoms in total. The highest BCUT2D eigenvalue weighted by Gasteiger charge is 2.36. The van der Waals surface area contributed by atoms with E-state index < -0.39 is 17.8 Å². The van der Waals surface area contributed by atoms with Crippen LogP contribution < -0.4 is 15.0 Å². The van der Waals surface area contributed by atoms with Gasteiger partial charge in [0, 0.05) is 0 Å². The summed E-state index contributed by atoms with van der Waals surface area (Å²) in [5.74, 6) is -0.641. The molecule has 4 amide bonds. The molecule has 1 heterocycles. The minimum atomic E-state index is -0.751. The van der Waals surface area contributed by atoms with E-state index in [1.54, 1.807) is 36.4 Å². The molecule has 150 valence electrons. The number of barbiturate groups is 1. The Kier molecular flexibility index (Phi) is 5.82. The molecule has 1 atom stereocenters. The lowest BCUT2D eigenvalue weighted by Gasteiger charge is -2.27. The van der Waals surface area contributed by atoms with Crippen LogP contribution in [-0.2, 0) is 9.59 Å². The Labute approximate surface area is 170 Å². The molecule has 1 aliphatic rings. The average Bonchev–Trinajstić information content (AvgIpc) is 2.65. The van der Waals surface area contributed by atoms with E-state index >= 15 is 0 Å². The van der Waals surface area contributed by atoms with Gasteiger partial charge in [0.05, 0.1) is 11.8 Å². The smallest absolute Gasteiger partial charge is 0.335 e. The van der Waals surface area contributed by atoms with Crippen molar-refractivity contribution in [3.8, 4) is 5.75 Å². The Balaban J connectivity index is 1.91. The first-order valence-corrected chi connectivity index (χ1v) is 9.55. The zero-order valence-electron chi connectivity index (χ0n) is 17.0. The monoisotopic (exact) mass is 392 g/mol. The maximum absolute atomic E-state index is 13.0. The van der Waals surface area contributed by atoms with Crippen LogP contribution >= 0.6 is 0 Å².